The highest BCUT2D eigenvalue weighted by atomic mass is 35.5. The molecule has 1 saturated heterocycles. The van der Waals surface area contributed by atoms with Gasteiger partial charge >= 0.3 is 12.1 Å². The zero-order valence-corrected chi connectivity index (χ0v) is 20.7. The van der Waals surface area contributed by atoms with Crippen molar-refractivity contribution in [3.05, 3.63) is 69.5 Å². The van der Waals surface area contributed by atoms with Gasteiger partial charge in [-0.2, -0.15) is 0 Å². The van der Waals surface area contributed by atoms with Gasteiger partial charge in [0.25, 0.3) is 0 Å². The van der Waals surface area contributed by atoms with Crippen molar-refractivity contribution in [1.82, 2.24) is 4.90 Å². The average Bonchev–Trinajstić information content (AvgIpc) is 2.75. The van der Waals surface area contributed by atoms with Crippen LogP contribution < -0.4 is 0 Å². The van der Waals surface area contributed by atoms with Crippen molar-refractivity contribution in [3.63, 3.8) is 0 Å². The van der Waals surface area contributed by atoms with E-state index in [1.807, 2.05) is 0 Å². The van der Waals surface area contributed by atoms with Crippen LogP contribution in [0.3, 0.4) is 0 Å². The molecule has 1 atom stereocenters. The lowest BCUT2D eigenvalue weighted by molar-refractivity contribution is -0.0386. The van der Waals surface area contributed by atoms with Crippen molar-refractivity contribution < 1.29 is 28.9 Å². The SMILES string of the molecule is CC(C)(C)OC(=O)N1CCC(C(C)(O)c2cc(F)c(Cc3ccc(Cl)cc3)c(C(=O)O)c2)CC1. The number of carbonyl (C=O) groups is 2. The number of carboxylic acid groups (broad SMARTS) is 1. The van der Waals surface area contributed by atoms with Gasteiger partial charge < -0.3 is 19.8 Å². The minimum Gasteiger partial charge on any atom is -0.478 e. The standard InChI is InChI=1S/C26H31ClFNO5/c1-25(2,3)34-24(32)29-11-9-17(10-12-29)26(4,33)18-14-21(23(30)31)20(22(28)15-18)13-16-5-7-19(27)8-6-16/h5-8,14-15,17,33H,9-13H2,1-4H3,(H,30,31). The molecule has 34 heavy (non-hydrogen) atoms. The number of ether oxygens (including phenoxy) is 1. The predicted octanol–water partition coefficient (Wildman–Crippen LogP) is 5.62. The van der Waals surface area contributed by atoms with Crippen LogP contribution in [0.4, 0.5) is 9.18 Å². The molecule has 3 rings (SSSR count). The monoisotopic (exact) mass is 491 g/mol. The van der Waals surface area contributed by atoms with Crippen molar-refractivity contribution in [1.29, 1.82) is 0 Å². The minimum absolute atomic E-state index is 0.0501. The summed E-state index contributed by atoms with van der Waals surface area (Å²) in [5.74, 6) is -2.23. The lowest BCUT2D eigenvalue weighted by Gasteiger charge is -2.40. The van der Waals surface area contributed by atoms with E-state index in [1.165, 1.54) is 12.1 Å². The van der Waals surface area contributed by atoms with Crippen molar-refractivity contribution in [2.75, 3.05) is 13.1 Å². The van der Waals surface area contributed by atoms with Gasteiger partial charge in [-0.15, -0.1) is 0 Å². The molecule has 184 valence electrons. The number of amides is 1. The molecule has 0 bridgehead atoms. The maximum absolute atomic E-state index is 15.2. The number of hydrogen-bond donors (Lipinski definition) is 2. The molecule has 1 heterocycles. The van der Waals surface area contributed by atoms with E-state index >= 15 is 4.39 Å². The Kier molecular flexibility index (Phi) is 7.58. The quantitative estimate of drug-likeness (QED) is 0.566. The Labute approximate surface area is 204 Å². The number of carbonyl (C=O) groups excluding carboxylic acids is 1. The van der Waals surface area contributed by atoms with E-state index in [4.69, 9.17) is 16.3 Å². The number of benzene rings is 2. The number of hydrogen-bond acceptors (Lipinski definition) is 4. The van der Waals surface area contributed by atoms with Crippen LogP contribution in [0.25, 0.3) is 0 Å². The van der Waals surface area contributed by atoms with E-state index in [1.54, 1.807) is 56.9 Å². The molecule has 1 fully saturated rings. The summed E-state index contributed by atoms with van der Waals surface area (Å²) in [6, 6.07) is 9.34. The highest BCUT2D eigenvalue weighted by Crippen LogP contribution is 2.38. The highest BCUT2D eigenvalue weighted by molar-refractivity contribution is 6.30. The van der Waals surface area contributed by atoms with Crippen LogP contribution in [0.15, 0.2) is 36.4 Å². The molecule has 1 amide bonds. The summed E-state index contributed by atoms with van der Waals surface area (Å²) in [5, 5.41) is 21.7. The van der Waals surface area contributed by atoms with Crippen LogP contribution in [0.5, 0.6) is 0 Å². The van der Waals surface area contributed by atoms with Crippen molar-refractivity contribution in [2.45, 2.75) is 58.2 Å². The van der Waals surface area contributed by atoms with Gasteiger partial charge in [0.05, 0.1) is 11.2 Å². The fourth-order valence-corrected chi connectivity index (χ4v) is 4.42. The largest absolute Gasteiger partial charge is 0.478 e. The number of rotatable bonds is 5. The highest BCUT2D eigenvalue weighted by Gasteiger charge is 2.39. The maximum Gasteiger partial charge on any atom is 0.410 e. The Morgan fingerprint density at radius 3 is 2.24 bits per heavy atom. The smallest absolute Gasteiger partial charge is 0.410 e. The first kappa shape index (κ1) is 26.0. The zero-order valence-electron chi connectivity index (χ0n) is 19.9. The van der Waals surface area contributed by atoms with Crippen LogP contribution in [-0.4, -0.2) is 45.9 Å². The third kappa shape index (κ3) is 6.07. The second-order valence-electron chi connectivity index (χ2n) is 9.98. The molecule has 2 aromatic rings. The Balaban J connectivity index is 1.81. The van der Waals surface area contributed by atoms with Crippen molar-refractivity contribution in [3.8, 4) is 0 Å². The molecule has 0 aromatic heterocycles. The first-order valence-electron chi connectivity index (χ1n) is 11.3. The van der Waals surface area contributed by atoms with Gasteiger partial charge in [-0.25, -0.2) is 14.0 Å². The van der Waals surface area contributed by atoms with Crippen molar-refractivity contribution >= 4 is 23.7 Å². The number of piperidine rings is 1. The Morgan fingerprint density at radius 1 is 1.12 bits per heavy atom. The second kappa shape index (κ2) is 9.92. The molecule has 1 unspecified atom stereocenters. The molecule has 0 saturated carbocycles. The van der Waals surface area contributed by atoms with Crippen molar-refractivity contribution in [2.24, 2.45) is 5.92 Å². The minimum atomic E-state index is -1.47. The fourth-order valence-electron chi connectivity index (χ4n) is 4.29. The summed E-state index contributed by atoms with van der Waals surface area (Å²) >= 11 is 5.90. The molecule has 1 aliphatic rings. The summed E-state index contributed by atoms with van der Waals surface area (Å²) in [5.41, 5.74) is -1.27. The molecule has 8 heteroatoms. The Hall–Kier alpha value is -2.64. The third-order valence-corrected chi connectivity index (χ3v) is 6.50. The Bertz CT molecular complexity index is 1050. The first-order valence-corrected chi connectivity index (χ1v) is 11.7. The number of likely N-dealkylation sites (tertiary alicyclic amines) is 1. The van der Waals surface area contributed by atoms with E-state index in [0.29, 0.717) is 31.0 Å². The number of aliphatic hydroxyl groups is 1. The second-order valence-corrected chi connectivity index (χ2v) is 10.4. The molecule has 1 aliphatic heterocycles. The number of halogens is 2. The fraction of sp³-hybridized carbons (Fsp3) is 0.462. The van der Waals surface area contributed by atoms with Crippen LogP contribution >= 0.6 is 11.6 Å². The van der Waals surface area contributed by atoms with Crippen LogP contribution in [0, 0.1) is 11.7 Å². The molecule has 0 aliphatic carbocycles. The summed E-state index contributed by atoms with van der Waals surface area (Å²) in [6.07, 6.45) is 0.628. The van der Waals surface area contributed by atoms with Crippen LogP contribution in [-0.2, 0) is 16.8 Å². The molecule has 0 spiro atoms. The van der Waals surface area contributed by atoms with E-state index < -0.39 is 29.1 Å². The lowest BCUT2D eigenvalue weighted by Crippen LogP contribution is -2.46. The van der Waals surface area contributed by atoms with Gasteiger partial charge in [0.1, 0.15) is 11.4 Å². The maximum atomic E-state index is 15.2. The van der Waals surface area contributed by atoms with Gasteiger partial charge in [-0.1, -0.05) is 23.7 Å². The van der Waals surface area contributed by atoms with Gasteiger partial charge in [-0.3, -0.25) is 0 Å². The van der Waals surface area contributed by atoms with Gasteiger partial charge in [-0.05, 0) is 81.8 Å². The van der Waals surface area contributed by atoms with E-state index in [2.05, 4.69) is 0 Å². The zero-order chi connectivity index (χ0) is 25.3. The molecule has 6 nitrogen and oxygen atoms in total. The van der Waals surface area contributed by atoms with E-state index in [0.717, 1.165) is 5.56 Å². The number of carboxylic acids is 1. The molecular weight excluding hydrogens is 461 g/mol. The third-order valence-electron chi connectivity index (χ3n) is 6.25. The summed E-state index contributed by atoms with van der Waals surface area (Å²) in [7, 11) is 0. The summed E-state index contributed by atoms with van der Waals surface area (Å²) < 4.78 is 20.6. The van der Waals surface area contributed by atoms with Gasteiger partial charge in [0.2, 0.25) is 0 Å². The molecule has 2 aromatic carbocycles. The number of nitrogens with zero attached hydrogens (tertiary/aromatic N) is 1. The predicted molar refractivity (Wildman–Crippen MR) is 128 cm³/mol. The lowest BCUT2D eigenvalue weighted by atomic mass is 9.76. The van der Waals surface area contributed by atoms with Gasteiger partial charge in [0, 0.05) is 30.1 Å². The van der Waals surface area contributed by atoms with Crippen LogP contribution in [0.1, 0.15) is 67.6 Å². The molecule has 2 N–H and O–H groups in total. The van der Waals surface area contributed by atoms with Gasteiger partial charge in [0.15, 0.2) is 0 Å². The summed E-state index contributed by atoms with van der Waals surface area (Å²) in [6.45, 7) is 7.74. The first-order chi connectivity index (χ1) is 15.8. The Morgan fingerprint density at radius 2 is 1.71 bits per heavy atom. The summed E-state index contributed by atoms with van der Waals surface area (Å²) in [4.78, 5) is 25.9. The molecular formula is C26H31ClFNO5. The normalized spacial score (nSPS) is 16.7. The molecule has 0 radical (unpaired) electrons. The topological polar surface area (TPSA) is 87.1 Å². The van der Waals surface area contributed by atoms with E-state index in [9.17, 15) is 19.8 Å². The number of aromatic carboxylic acids is 1. The van der Waals surface area contributed by atoms with E-state index in [-0.39, 0.29) is 29.0 Å². The average molecular weight is 492 g/mol. The van der Waals surface area contributed by atoms with Crippen LogP contribution in [0.2, 0.25) is 5.02 Å².